The molecule has 1 aliphatic heterocycles. The fourth-order valence-electron chi connectivity index (χ4n) is 2.54. The van der Waals surface area contributed by atoms with E-state index in [9.17, 15) is 9.18 Å². The van der Waals surface area contributed by atoms with Gasteiger partial charge in [0.15, 0.2) is 11.5 Å². The maximum atomic E-state index is 13.7. The van der Waals surface area contributed by atoms with Gasteiger partial charge in [-0.25, -0.2) is 14.4 Å². The lowest BCUT2D eigenvalue weighted by Gasteiger charge is -2.19. The molecule has 7 nitrogen and oxygen atoms in total. The van der Waals surface area contributed by atoms with E-state index in [1.54, 1.807) is 36.4 Å². The Labute approximate surface area is 154 Å². The number of amides is 1. The van der Waals surface area contributed by atoms with Gasteiger partial charge in [-0.15, -0.1) is 0 Å². The van der Waals surface area contributed by atoms with Crippen molar-refractivity contribution in [1.29, 1.82) is 0 Å². The van der Waals surface area contributed by atoms with Crippen molar-refractivity contribution in [2.75, 3.05) is 23.8 Å². The normalized spacial score (nSPS) is 12.3. The quantitative estimate of drug-likeness (QED) is 0.736. The number of para-hydroxylation sites is 1. The van der Waals surface area contributed by atoms with E-state index in [4.69, 9.17) is 9.47 Å². The van der Waals surface area contributed by atoms with Gasteiger partial charge in [-0.05, 0) is 30.3 Å². The van der Waals surface area contributed by atoms with Gasteiger partial charge in [0.1, 0.15) is 24.7 Å². The van der Waals surface area contributed by atoms with Crippen molar-refractivity contribution in [3.63, 3.8) is 0 Å². The van der Waals surface area contributed by atoms with Crippen molar-refractivity contribution in [2.24, 2.45) is 0 Å². The number of carbonyl (C=O) groups is 1. The summed E-state index contributed by atoms with van der Waals surface area (Å²) in [5.74, 6) is 0.467. The molecule has 0 bridgehead atoms. The summed E-state index contributed by atoms with van der Waals surface area (Å²) in [5.41, 5.74) is 0.909. The molecule has 0 spiro atoms. The molecule has 27 heavy (non-hydrogen) atoms. The molecule has 1 aliphatic rings. The molecule has 1 aromatic heterocycles. The van der Waals surface area contributed by atoms with E-state index < -0.39 is 11.7 Å². The maximum absolute atomic E-state index is 13.7. The first-order chi connectivity index (χ1) is 13.2. The van der Waals surface area contributed by atoms with Crippen LogP contribution in [0.2, 0.25) is 0 Å². The number of aromatic nitrogens is 2. The zero-order chi connectivity index (χ0) is 18.6. The second-order valence-electron chi connectivity index (χ2n) is 5.68. The van der Waals surface area contributed by atoms with Crippen LogP contribution in [0, 0.1) is 5.82 Å². The third-order valence-corrected chi connectivity index (χ3v) is 3.81. The number of carbonyl (C=O) groups excluding carboxylic acids is 1. The van der Waals surface area contributed by atoms with Crippen LogP contribution < -0.4 is 20.1 Å². The number of benzene rings is 2. The molecule has 0 unspecified atom stereocenters. The first kappa shape index (κ1) is 16.8. The van der Waals surface area contributed by atoms with E-state index in [2.05, 4.69) is 20.6 Å². The first-order valence-corrected chi connectivity index (χ1v) is 8.25. The molecule has 3 aromatic rings. The van der Waals surface area contributed by atoms with Gasteiger partial charge in [0.2, 0.25) is 5.95 Å². The van der Waals surface area contributed by atoms with Crippen LogP contribution in [-0.2, 0) is 0 Å². The van der Waals surface area contributed by atoms with Crippen LogP contribution >= 0.6 is 0 Å². The standard InChI is InChI=1S/C19H15FN4O3/c20-13-3-1-2-4-14(13)23-19-21-8-7-15(24-19)18(25)22-12-5-6-16-17(11-12)27-10-9-26-16/h1-8,11H,9-10H2,(H,22,25)(H,21,23,24). The molecule has 0 saturated carbocycles. The van der Waals surface area contributed by atoms with Crippen LogP contribution in [0.4, 0.5) is 21.7 Å². The number of nitrogens with zero attached hydrogens (tertiary/aromatic N) is 2. The van der Waals surface area contributed by atoms with Gasteiger partial charge in [-0.1, -0.05) is 12.1 Å². The highest BCUT2D eigenvalue weighted by molar-refractivity contribution is 6.03. The Morgan fingerprint density at radius 2 is 1.85 bits per heavy atom. The predicted octanol–water partition coefficient (Wildman–Crippen LogP) is 3.38. The molecule has 4 rings (SSSR count). The molecule has 0 atom stereocenters. The smallest absolute Gasteiger partial charge is 0.274 e. The van der Waals surface area contributed by atoms with E-state index in [1.807, 2.05) is 0 Å². The Morgan fingerprint density at radius 1 is 1.04 bits per heavy atom. The molecular formula is C19H15FN4O3. The number of anilines is 3. The third kappa shape index (κ3) is 3.79. The topological polar surface area (TPSA) is 85.4 Å². The first-order valence-electron chi connectivity index (χ1n) is 8.25. The number of fused-ring (bicyclic) bond motifs is 1. The Kier molecular flexibility index (Phi) is 4.52. The summed E-state index contributed by atoms with van der Waals surface area (Å²) in [6, 6.07) is 12.7. The molecule has 0 saturated heterocycles. The summed E-state index contributed by atoms with van der Waals surface area (Å²) in [7, 11) is 0. The highest BCUT2D eigenvalue weighted by atomic mass is 19.1. The van der Waals surface area contributed by atoms with Crippen LogP contribution in [0.5, 0.6) is 11.5 Å². The lowest BCUT2D eigenvalue weighted by Crippen LogP contribution is -2.17. The monoisotopic (exact) mass is 366 g/mol. The summed E-state index contributed by atoms with van der Waals surface area (Å²) in [5, 5.41) is 5.50. The minimum Gasteiger partial charge on any atom is -0.486 e. The van der Waals surface area contributed by atoms with Crippen molar-refractivity contribution < 1.29 is 18.7 Å². The molecule has 0 radical (unpaired) electrons. The van der Waals surface area contributed by atoms with Gasteiger partial charge in [-0.3, -0.25) is 4.79 Å². The van der Waals surface area contributed by atoms with Gasteiger partial charge in [-0.2, -0.15) is 0 Å². The van der Waals surface area contributed by atoms with Gasteiger partial charge < -0.3 is 20.1 Å². The van der Waals surface area contributed by atoms with Crippen molar-refractivity contribution in [1.82, 2.24) is 9.97 Å². The largest absolute Gasteiger partial charge is 0.486 e. The highest BCUT2D eigenvalue weighted by Crippen LogP contribution is 2.32. The summed E-state index contributed by atoms with van der Waals surface area (Å²) >= 11 is 0. The highest BCUT2D eigenvalue weighted by Gasteiger charge is 2.14. The summed E-state index contributed by atoms with van der Waals surface area (Å²) in [4.78, 5) is 20.6. The SMILES string of the molecule is O=C(Nc1ccc2c(c1)OCCO2)c1ccnc(Nc2ccccc2F)n1. The van der Waals surface area contributed by atoms with E-state index in [-0.39, 0.29) is 17.3 Å². The molecule has 1 amide bonds. The van der Waals surface area contributed by atoms with Gasteiger partial charge in [0.25, 0.3) is 5.91 Å². The van der Waals surface area contributed by atoms with Crippen molar-refractivity contribution in [3.8, 4) is 11.5 Å². The van der Waals surface area contributed by atoms with E-state index >= 15 is 0 Å². The number of halogens is 1. The van der Waals surface area contributed by atoms with Gasteiger partial charge in [0.05, 0.1) is 5.69 Å². The fraction of sp³-hybridized carbons (Fsp3) is 0.105. The summed E-state index contributed by atoms with van der Waals surface area (Å²) in [6.07, 6.45) is 1.43. The summed E-state index contributed by atoms with van der Waals surface area (Å²) < 4.78 is 24.7. The second kappa shape index (κ2) is 7.28. The average Bonchev–Trinajstić information content (AvgIpc) is 2.70. The zero-order valence-corrected chi connectivity index (χ0v) is 14.1. The molecular weight excluding hydrogens is 351 g/mol. The summed E-state index contributed by atoms with van der Waals surface area (Å²) in [6.45, 7) is 0.957. The lowest BCUT2D eigenvalue weighted by atomic mass is 10.2. The lowest BCUT2D eigenvalue weighted by molar-refractivity contribution is 0.102. The van der Waals surface area contributed by atoms with E-state index in [0.29, 0.717) is 30.4 Å². The minimum atomic E-state index is -0.438. The van der Waals surface area contributed by atoms with Crippen LogP contribution in [0.3, 0.4) is 0 Å². The van der Waals surface area contributed by atoms with Gasteiger partial charge >= 0.3 is 0 Å². The number of hydrogen-bond acceptors (Lipinski definition) is 6. The third-order valence-electron chi connectivity index (χ3n) is 3.81. The Morgan fingerprint density at radius 3 is 2.70 bits per heavy atom. The van der Waals surface area contributed by atoms with Crippen LogP contribution in [0.1, 0.15) is 10.5 Å². The molecule has 2 heterocycles. The van der Waals surface area contributed by atoms with E-state index in [0.717, 1.165) is 0 Å². The van der Waals surface area contributed by atoms with Crippen LogP contribution in [0.25, 0.3) is 0 Å². The maximum Gasteiger partial charge on any atom is 0.274 e. The Balaban J connectivity index is 1.50. The van der Waals surface area contributed by atoms with Crippen molar-refractivity contribution >= 4 is 23.2 Å². The Hall–Kier alpha value is -3.68. The minimum absolute atomic E-state index is 0.120. The molecule has 0 fully saturated rings. The molecule has 2 aromatic carbocycles. The van der Waals surface area contributed by atoms with Crippen LogP contribution in [-0.4, -0.2) is 29.1 Å². The fourth-order valence-corrected chi connectivity index (χ4v) is 2.54. The van der Waals surface area contributed by atoms with Crippen LogP contribution in [0.15, 0.2) is 54.7 Å². The molecule has 8 heteroatoms. The predicted molar refractivity (Wildman–Crippen MR) is 97.1 cm³/mol. The Bertz CT molecular complexity index is 996. The number of nitrogens with one attached hydrogen (secondary N) is 2. The van der Waals surface area contributed by atoms with Crippen molar-refractivity contribution in [3.05, 3.63) is 66.2 Å². The molecule has 136 valence electrons. The average molecular weight is 366 g/mol. The molecule has 2 N–H and O–H groups in total. The number of ether oxygens (including phenoxy) is 2. The number of hydrogen-bond donors (Lipinski definition) is 2. The van der Waals surface area contributed by atoms with Crippen molar-refractivity contribution in [2.45, 2.75) is 0 Å². The zero-order valence-electron chi connectivity index (χ0n) is 14.1. The van der Waals surface area contributed by atoms with Gasteiger partial charge in [0, 0.05) is 18.0 Å². The second-order valence-corrected chi connectivity index (χ2v) is 5.68. The molecule has 0 aliphatic carbocycles. The number of rotatable bonds is 4. The van der Waals surface area contributed by atoms with E-state index in [1.165, 1.54) is 18.3 Å².